The zero-order valence-electron chi connectivity index (χ0n) is 17.7. The highest BCUT2D eigenvalue weighted by Crippen LogP contribution is 2.39. The van der Waals surface area contributed by atoms with E-state index in [-0.39, 0.29) is 30.2 Å². The first-order chi connectivity index (χ1) is 15.1. The lowest BCUT2D eigenvalue weighted by atomic mass is 9.96. The SMILES string of the molecule is CC1CN(c2ccccc2C(F)(F)F)CCN1S(=O)(=O)c1ccc(C(C)(O)C(F)(F)F)cc1. The summed E-state index contributed by atoms with van der Waals surface area (Å²) in [5, 5.41) is 9.75. The summed E-state index contributed by atoms with van der Waals surface area (Å²) in [7, 11) is -4.13. The average Bonchev–Trinajstić information content (AvgIpc) is 2.72. The second kappa shape index (κ2) is 8.48. The molecule has 0 saturated carbocycles. The molecule has 1 heterocycles. The van der Waals surface area contributed by atoms with E-state index in [1.54, 1.807) is 6.92 Å². The number of sulfonamides is 1. The Morgan fingerprint density at radius 3 is 2.03 bits per heavy atom. The summed E-state index contributed by atoms with van der Waals surface area (Å²) < 4.78 is 106. The minimum Gasteiger partial charge on any atom is -0.376 e. The molecule has 0 aromatic heterocycles. The third-order valence-electron chi connectivity index (χ3n) is 5.69. The van der Waals surface area contributed by atoms with E-state index < -0.39 is 45.1 Å². The second-order valence-electron chi connectivity index (χ2n) is 8.02. The summed E-state index contributed by atoms with van der Waals surface area (Å²) in [6.07, 6.45) is -9.52. The van der Waals surface area contributed by atoms with Gasteiger partial charge in [-0.15, -0.1) is 0 Å². The summed E-state index contributed by atoms with van der Waals surface area (Å²) >= 11 is 0. The molecule has 5 nitrogen and oxygen atoms in total. The number of alkyl halides is 6. The first-order valence-electron chi connectivity index (χ1n) is 9.89. The van der Waals surface area contributed by atoms with Crippen LogP contribution in [0.15, 0.2) is 53.4 Å². The molecule has 0 aliphatic carbocycles. The van der Waals surface area contributed by atoms with Crippen LogP contribution in [-0.4, -0.2) is 49.7 Å². The molecule has 182 valence electrons. The zero-order valence-corrected chi connectivity index (χ0v) is 18.5. The molecule has 33 heavy (non-hydrogen) atoms. The average molecular weight is 496 g/mol. The predicted molar refractivity (Wildman–Crippen MR) is 109 cm³/mol. The Balaban J connectivity index is 1.82. The van der Waals surface area contributed by atoms with E-state index >= 15 is 0 Å². The van der Waals surface area contributed by atoms with E-state index in [2.05, 4.69) is 0 Å². The van der Waals surface area contributed by atoms with Crippen molar-refractivity contribution in [2.45, 2.75) is 42.7 Å². The van der Waals surface area contributed by atoms with Gasteiger partial charge in [-0.2, -0.15) is 30.6 Å². The number of piperazine rings is 1. The molecule has 1 aliphatic rings. The third kappa shape index (κ3) is 4.82. The van der Waals surface area contributed by atoms with Crippen molar-refractivity contribution >= 4 is 15.7 Å². The number of benzene rings is 2. The van der Waals surface area contributed by atoms with Gasteiger partial charge >= 0.3 is 12.4 Å². The monoisotopic (exact) mass is 496 g/mol. The van der Waals surface area contributed by atoms with Gasteiger partial charge in [0, 0.05) is 31.4 Å². The Hall–Kier alpha value is -2.31. The van der Waals surface area contributed by atoms with Crippen LogP contribution >= 0.6 is 0 Å². The van der Waals surface area contributed by atoms with Crippen molar-refractivity contribution in [2.24, 2.45) is 0 Å². The van der Waals surface area contributed by atoms with Gasteiger partial charge in [-0.1, -0.05) is 24.3 Å². The quantitative estimate of drug-likeness (QED) is 0.639. The van der Waals surface area contributed by atoms with Crippen LogP contribution in [0, 0.1) is 0 Å². The number of anilines is 1. The Morgan fingerprint density at radius 1 is 0.939 bits per heavy atom. The molecule has 3 rings (SSSR count). The maximum absolute atomic E-state index is 13.4. The van der Waals surface area contributed by atoms with Gasteiger partial charge in [-0.05, 0) is 43.7 Å². The van der Waals surface area contributed by atoms with Crippen molar-refractivity contribution in [1.29, 1.82) is 0 Å². The van der Waals surface area contributed by atoms with E-state index in [0.29, 0.717) is 6.92 Å². The van der Waals surface area contributed by atoms with E-state index in [9.17, 15) is 39.9 Å². The number of halogens is 6. The summed E-state index contributed by atoms with van der Waals surface area (Å²) in [5.41, 5.74) is -4.54. The zero-order chi connectivity index (χ0) is 24.8. The van der Waals surface area contributed by atoms with E-state index in [4.69, 9.17) is 0 Å². The number of rotatable bonds is 4. The Labute approximate surface area is 187 Å². The van der Waals surface area contributed by atoms with Crippen LogP contribution in [0.3, 0.4) is 0 Å². The molecule has 1 fully saturated rings. The van der Waals surface area contributed by atoms with E-state index in [1.165, 1.54) is 23.1 Å². The fourth-order valence-corrected chi connectivity index (χ4v) is 5.37. The molecule has 1 saturated heterocycles. The lowest BCUT2D eigenvalue weighted by Crippen LogP contribution is -2.54. The number of hydrogen-bond acceptors (Lipinski definition) is 4. The molecule has 0 bridgehead atoms. The number of hydrogen-bond donors (Lipinski definition) is 1. The minimum atomic E-state index is -4.95. The third-order valence-corrected chi connectivity index (χ3v) is 7.72. The highest BCUT2D eigenvalue weighted by atomic mass is 32.2. The predicted octanol–water partition coefficient (Wildman–Crippen LogP) is 4.37. The molecule has 12 heteroatoms. The molecule has 0 radical (unpaired) electrons. The topological polar surface area (TPSA) is 60.9 Å². The van der Waals surface area contributed by atoms with Crippen molar-refractivity contribution in [2.75, 3.05) is 24.5 Å². The molecule has 2 atom stereocenters. The number of para-hydroxylation sites is 1. The van der Waals surface area contributed by atoms with Crippen molar-refractivity contribution in [3.63, 3.8) is 0 Å². The maximum atomic E-state index is 13.4. The van der Waals surface area contributed by atoms with Crippen molar-refractivity contribution in [1.82, 2.24) is 4.31 Å². The van der Waals surface area contributed by atoms with Crippen molar-refractivity contribution < 1.29 is 39.9 Å². The Bertz CT molecular complexity index is 1100. The van der Waals surface area contributed by atoms with Crippen LogP contribution in [-0.2, 0) is 21.8 Å². The first-order valence-corrected chi connectivity index (χ1v) is 11.3. The van der Waals surface area contributed by atoms with Gasteiger partial charge in [0.25, 0.3) is 0 Å². The Morgan fingerprint density at radius 2 is 1.52 bits per heavy atom. The highest BCUT2D eigenvalue weighted by Gasteiger charge is 2.51. The summed E-state index contributed by atoms with van der Waals surface area (Å²) in [6.45, 7) is 1.99. The lowest BCUT2D eigenvalue weighted by molar-refractivity contribution is -0.258. The van der Waals surface area contributed by atoms with Crippen LogP contribution < -0.4 is 4.90 Å². The summed E-state index contributed by atoms with van der Waals surface area (Å²) in [4.78, 5) is 1.18. The molecule has 0 amide bonds. The normalized spacial score (nSPS) is 20.5. The fraction of sp³-hybridized carbons (Fsp3) is 0.429. The van der Waals surface area contributed by atoms with Gasteiger partial charge in [-0.25, -0.2) is 8.42 Å². The minimum absolute atomic E-state index is 0.00245. The molecule has 2 unspecified atom stereocenters. The van der Waals surface area contributed by atoms with Crippen molar-refractivity contribution in [3.05, 3.63) is 59.7 Å². The Kier molecular flexibility index (Phi) is 6.50. The van der Waals surface area contributed by atoms with Crippen molar-refractivity contribution in [3.8, 4) is 0 Å². The van der Waals surface area contributed by atoms with Crippen LogP contribution in [0.2, 0.25) is 0 Å². The lowest BCUT2D eigenvalue weighted by Gasteiger charge is -2.40. The molecule has 1 N–H and O–H groups in total. The largest absolute Gasteiger partial charge is 0.421 e. The molecule has 2 aromatic carbocycles. The molecule has 1 aliphatic heterocycles. The second-order valence-corrected chi connectivity index (χ2v) is 9.91. The van der Waals surface area contributed by atoms with Gasteiger partial charge in [0.05, 0.1) is 10.5 Å². The number of nitrogens with zero attached hydrogens (tertiary/aromatic N) is 2. The van der Waals surface area contributed by atoms with Crippen LogP contribution in [0.4, 0.5) is 32.0 Å². The highest BCUT2D eigenvalue weighted by molar-refractivity contribution is 7.89. The fourth-order valence-electron chi connectivity index (χ4n) is 3.76. The molecule has 0 spiro atoms. The number of aliphatic hydroxyl groups is 1. The van der Waals surface area contributed by atoms with E-state index in [1.807, 2.05) is 0 Å². The summed E-state index contributed by atoms with van der Waals surface area (Å²) in [5.74, 6) is 0. The van der Waals surface area contributed by atoms with Gasteiger partial charge in [0.15, 0.2) is 5.60 Å². The molecule has 2 aromatic rings. The first kappa shape index (κ1) is 25.3. The maximum Gasteiger partial charge on any atom is 0.421 e. The molecular weight excluding hydrogens is 474 g/mol. The smallest absolute Gasteiger partial charge is 0.376 e. The summed E-state index contributed by atoms with van der Waals surface area (Å²) in [6, 6.07) is 8.05. The van der Waals surface area contributed by atoms with Gasteiger partial charge in [-0.3, -0.25) is 0 Å². The van der Waals surface area contributed by atoms with Crippen LogP contribution in [0.25, 0.3) is 0 Å². The standard InChI is InChI=1S/C21H22F6N2O3S/c1-14-13-28(18-6-4-3-5-17(18)20(22,23)24)11-12-29(14)33(31,32)16-9-7-15(8-10-16)19(2,30)21(25,26)27/h3-10,14,30H,11-13H2,1-2H3. The van der Waals surface area contributed by atoms with Gasteiger partial charge in [0.2, 0.25) is 10.0 Å². The van der Waals surface area contributed by atoms with E-state index in [0.717, 1.165) is 34.6 Å². The molecular formula is C21H22F6N2O3S. The van der Waals surface area contributed by atoms with Gasteiger partial charge < -0.3 is 10.0 Å². The van der Waals surface area contributed by atoms with Crippen LogP contribution in [0.5, 0.6) is 0 Å². The van der Waals surface area contributed by atoms with Gasteiger partial charge in [0.1, 0.15) is 0 Å². The van der Waals surface area contributed by atoms with Crippen LogP contribution in [0.1, 0.15) is 25.0 Å².